The van der Waals surface area contributed by atoms with Gasteiger partial charge in [0.05, 0.1) is 5.02 Å². The second-order valence-electron chi connectivity index (χ2n) is 4.21. The van der Waals surface area contributed by atoms with E-state index in [2.05, 4.69) is 5.32 Å². The molecule has 98 valence electrons. The van der Waals surface area contributed by atoms with Crippen molar-refractivity contribution in [3.8, 4) is 5.75 Å². The average molecular weight is 289 g/mol. The Kier molecular flexibility index (Phi) is 4.32. The van der Waals surface area contributed by atoms with Crippen LogP contribution in [-0.2, 0) is 11.3 Å². The largest absolute Gasteiger partial charge is 0.482 e. The standard InChI is InChI=1S/C12H14Cl2N2O2/c13-8-3-7(5-15)12(10(14)4-8)18-6-11(17)16-9-1-2-9/h3-4,9H,1-2,5-6,15H2,(H,16,17). The molecule has 1 aromatic carbocycles. The van der Waals surface area contributed by atoms with Crippen LogP contribution in [-0.4, -0.2) is 18.6 Å². The highest BCUT2D eigenvalue weighted by atomic mass is 35.5. The number of amides is 1. The van der Waals surface area contributed by atoms with E-state index in [9.17, 15) is 4.79 Å². The van der Waals surface area contributed by atoms with Crippen molar-refractivity contribution >= 4 is 29.1 Å². The number of rotatable bonds is 5. The number of carbonyl (C=O) groups is 1. The fourth-order valence-corrected chi connectivity index (χ4v) is 2.15. The van der Waals surface area contributed by atoms with E-state index in [0.29, 0.717) is 27.4 Å². The summed E-state index contributed by atoms with van der Waals surface area (Å²) in [5.74, 6) is 0.279. The van der Waals surface area contributed by atoms with Crippen LogP contribution in [0.3, 0.4) is 0 Å². The number of ether oxygens (including phenoxy) is 1. The summed E-state index contributed by atoms with van der Waals surface area (Å²) in [7, 11) is 0. The summed E-state index contributed by atoms with van der Waals surface area (Å²) in [6.07, 6.45) is 2.09. The predicted molar refractivity (Wildman–Crippen MR) is 71.0 cm³/mol. The molecule has 1 aromatic rings. The smallest absolute Gasteiger partial charge is 0.258 e. The Morgan fingerprint density at radius 1 is 1.44 bits per heavy atom. The van der Waals surface area contributed by atoms with E-state index in [-0.39, 0.29) is 19.1 Å². The molecule has 0 spiro atoms. The lowest BCUT2D eigenvalue weighted by Crippen LogP contribution is -2.30. The van der Waals surface area contributed by atoms with Crippen LogP contribution in [0.1, 0.15) is 18.4 Å². The van der Waals surface area contributed by atoms with Gasteiger partial charge in [-0.3, -0.25) is 4.79 Å². The molecule has 0 unspecified atom stereocenters. The van der Waals surface area contributed by atoms with Gasteiger partial charge in [-0.15, -0.1) is 0 Å². The topological polar surface area (TPSA) is 64.3 Å². The molecule has 0 heterocycles. The summed E-state index contributed by atoms with van der Waals surface area (Å²) in [5.41, 5.74) is 6.27. The van der Waals surface area contributed by atoms with Gasteiger partial charge >= 0.3 is 0 Å². The normalized spacial score (nSPS) is 14.4. The number of nitrogens with one attached hydrogen (secondary N) is 1. The molecule has 2 rings (SSSR count). The lowest BCUT2D eigenvalue weighted by molar-refractivity contribution is -0.123. The first-order chi connectivity index (χ1) is 8.60. The maximum atomic E-state index is 11.5. The summed E-state index contributed by atoms with van der Waals surface area (Å²) < 4.78 is 5.42. The number of hydrogen-bond donors (Lipinski definition) is 2. The lowest BCUT2D eigenvalue weighted by Gasteiger charge is -2.12. The first-order valence-corrected chi connectivity index (χ1v) is 6.46. The summed E-state index contributed by atoms with van der Waals surface area (Å²) in [6.45, 7) is 0.185. The van der Waals surface area contributed by atoms with Gasteiger partial charge in [-0.2, -0.15) is 0 Å². The van der Waals surface area contributed by atoms with Crippen LogP contribution in [0.4, 0.5) is 0 Å². The highest BCUT2D eigenvalue weighted by Gasteiger charge is 2.23. The second kappa shape index (κ2) is 5.78. The molecular weight excluding hydrogens is 275 g/mol. The van der Waals surface area contributed by atoms with Crippen LogP contribution in [0.2, 0.25) is 10.0 Å². The molecule has 4 nitrogen and oxygen atoms in total. The fourth-order valence-electron chi connectivity index (χ4n) is 1.56. The molecule has 1 aliphatic rings. The quantitative estimate of drug-likeness (QED) is 0.872. The van der Waals surface area contributed by atoms with Crippen LogP contribution in [0.5, 0.6) is 5.75 Å². The van der Waals surface area contributed by atoms with Crippen molar-refractivity contribution in [1.82, 2.24) is 5.32 Å². The van der Waals surface area contributed by atoms with Gasteiger partial charge in [0.1, 0.15) is 5.75 Å². The molecule has 0 bridgehead atoms. The van der Waals surface area contributed by atoms with Crippen molar-refractivity contribution in [1.29, 1.82) is 0 Å². The molecule has 1 aliphatic carbocycles. The van der Waals surface area contributed by atoms with Gasteiger partial charge < -0.3 is 15.8 Å². The summed E-state index contributed by atoms with van der Waals surface area (Å²) >= 11 is 11.9. The van der Waals surface area contributed by atoms with Crippen molar-refractivity contribution in [2.75, 3.05) is 6.61 Å². The van der Waals surface area contributed by atoms with E-state index in [0.717, 1.165) is 12.8 Å². The van der Waals surface area contributed by atoms with E-state index in [1.807, 2.05) is 0 Å². The van der Waals surface area contributed by atoms with Crippen LogP contribution in [0, 0.1) is 0 Å². The predicted octanol–water partition coefficient (Wildman–Crippen LogP) is 2.11. The second-order valence-corrected chi connectivity index (χ2v) is 5.05. The number of hydrogen-bond acceptors (Lipinski definition) is 3. The minimum absolute atomic E-state index is 0.0646. The molecular formula is C12H14Cl2N2O2. The Bertz CT molecular complexity index is 462. The van der Waals surface area contributed by atoms with Gasteiger partial charge in [-0.05, 0) is 25.0 Å². The van der Waals surface area contributed by atoms with Crippen molar-refractivity contribution in [2.24, 2.45) is 5.73 Å². The molecule has 18 heavy (non-hydrogen) atoms. The van der Waals surface area contributed by atoms with Gasteiger partial charge in [0.25, 0.3) is 5.91 Å². The number of nitrogens with two attached hydrogens (primary N) is 1. The minimum Gasteiger partial charge on any atom is -0.482 e. The average Bonchev–Trinajstić information content (AvgIpc) is 3.10. The molecule has 6 heteroatoms. The van der Waals surface area contributed by atoms with E-state index >= 15 is 0 Å². The van der Waals surface area contributed by atoms with Gasteiger partial charge in [0, 0.05) is 23.2 Å². The number of halogens is 2. The Balaban J connectivity index is 2.00. The van der Waals surface area contributed by atoms with E-state index in [4.69, 9.17) is 33.7 Å². The van der Waals surface area contributed by atoms with Gasteiger partial charge in [0.15, 0.2) is 6.61 Å². The van der Waals surface area contributed by atoms with Crippen molar-refractivity contribution in [3.63, 3.8) is 0 Å². The zero-order valence-corrected chi connectivity index (χ0v) is 11.2. The zero-order valence-electron chi connectivity index (χ0n) is 9.71. The van der Waals surface area contributed by atoms with Crippen molar-refractivity contribution in [3.05, 3.63) is 27.7 Å². The first kappa shape index (κ1) is 13.5. The molecule has 0 aromatic heterocycles. The van der Waals surface area contributed by atoms with Gasteiger partial charge in [-0.25, -0.2) is 0 Å². The molecule has 0 atom stereocenters. The number of carbonyl (C=O) groups excluding carboxylic acids is 1. The maximum absolute atomic E-state index is 11.5. The zero-order chi connectivity index (χ0) is 13.1. The third-order valence-corrected chi connectivity index (χ3v) is 3.09. The van der Waals surface area contributed by atoms with E-state index in [1.165, 1.54) is 0 Å². The molecule has 1 saturated carbocycles. The highest BCUT2D eigenvalue weighted by Crippen LogP contribution is 2.32. The lowest BCUT2D eigenvalue weighted by atomic mass is 10.2. The Morgan fingerprint density at radius 3 is 2.78 bits per heavy atom. The van der Waals surface area contributed by atoms with Crippen LogP contribution in [0.25, 0.3) is 0 Å². The first-order valence-electron chi connectivity index (χ1n) is 5.70. The third kappa shape index (κ3) is 3.51. The molecule has 0 saturated heterocycles. The Labute approximate surface area is 115 Å². The maximum Gasteiger partial charge on any atom is 0.258 e. The van der Waals surface area contributed by atoms with Gasteiger partial charge in [0.2, 0.25) is 0 Å². The summed E-state index contributed by atoms with van der Waals surface area (Å²) in [6, 6.07) is 3.56. The molecule has 0 radical (unpaired) electrons. The van der Waals surface area contributed by atoms with Crippen LogP contribution >= 0.6 is 23.2 Å². The third-order valence-electron chi connectivity index (χ3n) is 2.60. The fraction of sp³-hybridized carbons (Fsp3) is 0.417. The molecule has 0 aliphatic heterocycles. The molecule has 1 amide bonds. The van der Waals surface area contributed by atoms with Crippen LogP contribution in [0.15, 0.2) is 12.1 Å². The minimum atomic E-state index is -0.147. The van der Waals surface area contributed by atoms with Crippen LogP contribution < -0.4 is 15.8 Å². The highest BCUT2D eigenvalue weighted by molar-refractivity contribution is 6.35. The number of benzene rings is 1. The summed E-state index contributed by atoms with van der Waals surface area (Å²) in [5, 5.41) is 3.69. The Hall–Kier alpha value is -0.970. The van der Waals surface area contributed by atoms with E-state index < -0.39 is 0 Å². The molecule has 3 N–H and O–H groups in total. The Morgan fingerprint density at radius 2 is 2.17 bits per heavy atom. The molecule has 1 fully saturated rings. The summed E-state index contributed by atoms with van der Waals surface area (Å²) in [4.78, 5) is 11.5. The van der Waals surface area contributed by atoms with E-state index in [1.54, 1.807) is 12.1 Å². The monoisotopic (exact) mass is 288 g/mol. The van der Waals surface area contributed by atoms with Gasteiger partial charge in [-0.1, -0.05) is 23.2 Å². The van der Waals surface area contributed by atoms with Crippen molar-refractivity contribution in [2.45, 2.75) is 25.4 Å². The van der Waals surface area contributed by atoms with Crippen molar-refractivity contribution < 1.29 is 9.53 Å². The SMILES string of the molecule is NCc1cc(Cl)cc(Cl)c1OCC(=O)NC1CC1.